The summed E-state index contributed by atoms with van der Waals surface area (Å²) in [4.78, 5) is 11.5. The van der Waals surface area contributed by atoms with Crippen LogP contribution >= 0.6 is 11.8 Å². The molecule has 1 N–H and O–H groups in total. The zero-order chi connectivity index (χ0) is 13.1. The first-order chi connectivity index (χ1) is 7.76. The molecule has 1 rings (SSSR count). The van der Waals surface area contributed by atoms with E-state index in [-0.39, 0.29) is 22.1 Å². The minimum absolute atomic E-state index is 0.0233. The highest BCUT2D eigenvalue weighted by atomic mass is 32.2. The van der Waals surface area contributed by atoms with Crippen molar-refractivity contribution < 1.29 is 13.6 Å². The molecule has 2 nitrogen and oxygen atoms in total. The van der Waals surface area contributed by atoms with Gasteiger partial charge in [-0.3, -0.25) is 4.79 Å². The number of benzene rings is 1. The molecule has 0 aliphatic carbocycles. The first kappa shape index (κ1) is 14.0. The number of amides is 1. The van der Waals surface area contributed by atoms with E-state index < -0.39 is 11.6 Å². The molecule has 0 saturated carbocycles. The Morgan fingerprint density at radius 1 is 1.24 bits per heavy atom. The van der Waals surface area contributed by atoms with E-state index >= 15 is 0 Å². The van der Waals surface area contributed by atoms with Crippen LogP contribution in [0.2, 0.25) is 0 Å². The number of rotatable bonds is 3. The molecule has 17 heavy (non-hydrogen) atoms. The van der Waals surface area contributed by atoms with Crippen LogP contribution in [-0.2, 0) is 4.79 Å². The third-order valence-corrected chi connectivity index (χ3v) is 3.06. The van der Waals surface area contributed by atoms with E-state index in [1.54, 1.807) is 0 Å². The molecule has 94 valence electrons. The number of carbonyl (C=O) groups is 1. The molecule has 0 bridgehead atoms. The highest BCUT2D eigenvalue weighted by Crippen LogP contribution is 2.23. The van der Waals surface area contributed by atoms with Crippen LogP contribution < -0.4 is 5.32 Å². The molecular formula is C12H15F2NOS. The summed E-state index contributed by atoms with van der Waals surface area (Å²) in [5, 5.41) is 2.46. The summed E-state index contributed by atoms with van der Waals surface area (Å²) >= 11 is 1.47. The average molecular weight is 259 g/mol. The van der Waals surface area contributed by atoms with Crippen LogP contribution in [0.1, 0.15) is 20.8 Å². The molecule has 0 aliphatic rings. The maximum Gasteiger partial charge on any atom is 0.234 e. The Morgan fingerprint density at radius 2 is 1.76 bits per heavy atom. The number of anilines is 1. The van der Waals surface area contributed by atoms with E-state index in [2.05, 4.69) is 5.32 Å². The van der Waals surface area contributed by atoms with Crippen LogP contribution in [0.15, 0.2) is 18.2 Å². The van der Waals surface area contributed by atoms with Crippen molar-refractivity contribution in [3.8, 4) is 0 Å². The Balaban J connectivity index is 2.56. The summed E-state index contributed by atoms with van der Waals surface area (Å²) in [6.45, 7) is 5.98. The first-order valence-corrected chi connectivity index (χ1v) is 6.15. The number of carbonyl (C=O) groups excluding carboxylic acids is 1. The van der Waals surface area contributed by atoms with E-state index in [0.29, 0.717) is 0 Å². The minimum atomic E-state index is -0.705. The van der Waals surface area contributed by atoms with Gasteiger partial charge in [0.15, 0.2) is 0 Å². The largest absolute Gasteiger partial charge is 0.325 e. The summed E-state index contributed by atoms with van der Waals surface area (Å²) < 4.78 is 25.7. The molecule has 0 unspecified atom stereocenters. The fraction of sp³-hybridized carbons (Fsp3) is 0.417. The minimum Gasteiger partial charge on any atom is -0.325 e. The first-order valence-electron chi connectivity index (χ1n) is 5.16. The molecule has 0 spiro atoms. The second-order valence-corrected chi connectivity index (χ2v) is 6.41. The summed E-state index contributed by atoms with van der Waals surface area (Å²) in [6.07, 6.45) is 0. The van der Waals surface area contributed by atoms with E-state index in [9.17, 15) is 13.6 Å². The molecule has 0 heterocycles. The number of hydrogen-bond donors (Lipinski definition) is 1. The topological polar surface area (TPSA) is 29.1 Å². The fourth-order valence-corrected chi connectivity index (χ4v) is 1.74. The monoisotopic (exact) mass is 259 g/mol. The van der Waals surface area contributed by atoms with Gasteiger partial charge in [0.05, 0.1) is 5.75 Å². The van der Waals surface area contributed by atoms with Gasteiger partial charge in [-0.25, -0.2) is 8.78 Å². The van der Waals surface area contributed by atoms with Crippen LogP contribution in [-0.4, -0.2) is 16.4 Å². The molecular weight excluding hydrogens is 244 g/mol. The second-order valence-electron chi connectivity index (χ2n) is 4.61. The lowest BCUT2D eigenvalue weighted by Crippen LogP contribution is -2.19. The highest BCUT2D eigenvalue weighted by molar-refractivity contribution is 8.01. The molecule has 0 atom stereocenters. The summed E-state index contributed by atoms with van der Waals surface area (Å²) in [6, 6.07) is 2.94. The van der Waals surface area contributed by atoms with Gasteiger partial charge in [-0.15, -0.1) is 11.8 Å². The predicted octanol–water partition coefficient (Wildman–Crippen LogP) is 3.44. The van der Waals surface area contributed by atoms with Crippen molar-refractivity contribution in [2.45, 2.75) is 25.5 Å². The van der Waals surface area contributed by atoms with Crippen molar-refractivity contribution in [3.63, 3.8) is 0 Å². The van der Waals surface area contributed by atoms with Gasteiger partial charge in [-0.1, -0.05) is 20.8 Å². The van der Waals surface area contributed by atoms with E-state index in [1.807, 2.05) is 20.8 Å². The summed E-state index contributed by atoms with van der Waals surface area (Å²) in [5.74, 6) is -1.43. The van der Waals surface area contributed by atoms with E-state index in [1.165, 1.54) is 11.8 Å². The molecule has 0 aromatic heterocycles. The lowest BCUT2D eigenvalue weighted by atomic mass is 10.3. The Hall–Kier alpha value is -1.10. The summed E-state index contributed by atoms with van der Waals surface area (Å²) in [7, 11) is 0. The van der Waals surface area contributed by atoms with Crippen molar-refractivity contribution in [2.24, 2.45) is 0 Å². The van der Waals surface area contributed by atoms with Crippen LogP contribution in [0.4, 0.5) is 14.5 Å². The molecule has 0 radical (unpaired) electrons. The smallest absolute Gasteiger partial charge is 0.234 e. The standard InChI is InChI=1S/C12H15F2NOS/c1-12(2,3)17-7-11(16)15-10-5-8(13)4-9(14)6-10/h4-6H,7H2,1-3H3,(H,15,16). The van der Waals surface area contributed by atoms with Gasteiger partial charge in [0, 0.05) is 16.5 Å². The Bertz CT molecular complexity index is 395. The molecule has 0 fully saturated rings. The van der Waals surface area contributed by atoms with Crippen LogP contribution in [0.25, 0.3) is 0 Å². The third-order valence-electron chi connectivity index (χ3n) is 1.78. The molecule has 1 aromatic rings. The van der Waals surface area contributed by atoms with Gasteiger partial charge in [0.1, 0.15) is 11.6 Å². The molecule has 5 heteroatoms. The van der Waals surface area contributed by atoms with Crippen molar-refractivity contribution in [1.82, 2.24) is 0 Å². The van der Waals surface area contributed by atoms with Gasteiger partial charge in [-0.05, 0) is 12.1 Å². The molecule has 0 aliphatic heterocycles. The maximum absolute atomic E-state index is 12.9. The molecule has 1 amide bonds. The third kappa shape index (κ3) is 5.68. The fourth-order valence-electron chi connectivity index (χ4n) is 1.11. The lowest BCUT2D eigenvalue weighted by Gasteiger charge is -2.17. The number of halogens is 2. The van der Waals surface area contributed by atoms with Gasteiger partial charge in [0.2, 0.25) is 5.91 Å². The molecule has 1 aromatic carbocycles. The highest BCUT2D eigenvalue weighted by Gasteiger charge is 2.13. The van der Waals surface area contributed by atoms with E-state index in [0.717, 1.165) is 18.2 Å². The number of nitrogens with one attached hydrogen (secondary N) is 1. The summed E-state index contributed by atoms with van der Waals surface area (Å²) in [5.41, 5.74) is 0.141. The van der Waals surface area contributed by atoms with Crippen molar-refractivity contribution >= 4 is 23.4 Å². The Labute approximate surface area is 104 Å². The predicted molar refractivity (Wildman–Crippen MR) is 67.2 cm³/mol. The number of hydrogen-bond acceptors (Lipinski definition) is 2. The van der Waals surface area contributed by atoms with Gasteiger partial charge in [0.25, 0.3) is 0 Å². The van der Waals surface area contributed by atoms with Gasteiger partial charge < -0.3 is 5.32 Å². The van der Waals surface area contributed by atoms with Crippen molar-refractivity contribution in [3.05, 3.63) is 29.8 Å². The quantitative estimate of drug-likeness (QED) is 0.901. The maximum atomic E-state index is 12.9. The average Bonchev–Trinajstić information content (AvgIpc) is 2.11. The van der Waals surface area contributed by atoms with Crippen molar-refractivity contribution in [1.29, 1.82) is 0 Å². The van der Waals surface area contributed by atoms with Crippen molar-refractivity contribution in [2.75, 3.05) is 11.1 Å². The zero-order valence-electron chi connectivity index (χ0n) is 10.0. The lowest BCUT2D eigenvalue weighted by molar-refractivity contribution is -0.113. The SMILES string of the molecule is CC(C)(C)SCC(=O)Nc1cc(F)cc(F)c1. The van der Waals surface area contributed by atoms with E-state index in [4.69, 9.17) is 0 Å². The molecule has 0 saturated heterocycles. The van der Waals surface area contributed by atoms with Crippen LogP contribution in [0.5, 0.6) is 0 Å². The van der Waals surface area contributed by atoms with Gasteiger partial charge in [-0.2, -0.15) is 0 Å². The normalized spacial score (nSPS) is 11.4. The Kier molecular flexibility index (Phi) is 4.51. The van der Waals surface area contributed by atoms with Crippen LogP contribution in [0.3, 0.4) is 0 Å². The van der Waals surface area contributed by atoms with Gasteiger partial charge >= 0.3 is 0 Å². The number of thioether (sulfide) groups is 1. The Morgan fingerprint density at radius 3 is 2.24 bits per heavy atom. The second kappa shape index (κ2) is 5.49. The zero-order valence-corrected chi connectivity index (χ0v) is 10.8. The van der Waals surface area contributed by atoms with Crippen LogP contribution in [0, 0.1) is 11.6 Å².